The number of H-pyrrole nitrogens is 1. The van der Waals surface area contributed by atoms with Crippen molar-refractivity contribution in [2.24, 2.45) is 0 Å². The number of aryl methyl sites for hydroxylation is 1. The quantitative estimate of drug-likeness (QED) is 0.669. The second-order valence-electron chi connectivity index (χ2n) is 4.80. The van der Waals surface area contributed by atoms with E-state index < -0.39 is 5.97 Å². The zero-order valence-corrected chi connectivity index (χ0v) is 13.8. The Bertz CT molecular complexity index is 705. The molecule has 1 aromatic heterocycles. The van der Waals surface area contributed by atoms with Crippen LogP contribution in [0.2, 0.25) is 0 Å². The van der Waals surface area contributed by atoms with Crippen molar-refractivity contribution in [1.82, 2.24) is 4.98 Å². The van der Waals surface area contributed by atoms with Gasteiger partial charge in [-0.25, -0.2) is 4.79 Å². The summed E-state index contributed by atoms with van der Waals surface area (Å²) in [6.45, 7) is 3.46. The fourth-order valence-corrected chi connectivity index (χ4v) is 2.66. The van der Waals surface area contributed by atoms with Gasteiger partial charge in [-0.15, -0.1) is 11.8 Å². The van der Waals surface area contributed by atoms with Crippen LogP contribution >= 0.6 is 11.8 Å². The lowest BCUT2D eigenvalue weighted by molar-refractivity contribution is 0.0599. The van der Waals surface area contributed by atoms with Gasteiger partial charge in [0.1, 0.15) is 5.69 Å². The van der Waals surface area contributed by atoms with E-state index in [1.807, 2.05) is 30.5 Å². The van der Waals surface area contributed by atoms with Crippen molar-refractivity contribution in [2.45, 2.75) is 18.7 Å². The monoisotopic (exact) mass is 318 g/mol. The molecule has 0 bridgehead atoms. The number of hydrogen-bond acceptors (Lipinski definition) is 4. The van der Waals surface area contributed by atoms with Crippen LogP contribution in [0.3, 0.4) is 0 Å². The molecule has 116 valence electrons. The van der Waals surface area contributed by atoms with Crippen molar-refractivity contribution >= 4 is 29.3 Å². The third-order valence-electron chi connectivity index (χ3n) is 3.40. The standard InChI is InChI=1S/C16H18N2O3S/c1-9-13(16(20)21-3)10(2)17-14(9)15(19)18-11-5-7-12(22-4)8-6-11/h5-8,17H,1-4H3,(H,18,19). The zero-order valence-electron chi connectivity index (χ0n) is 12.9. The van der Waals surface area contributed by atoms with Crippen molar-refractivity contribution in [2.75, 3.05) is 18.7 Å². The topological polar surface area (TPSA) is 71.2 Å². The number of rotatable bonds is 4. The Morgan fingerprint density at radius 1 is 1.18 bits per heavy atom. The molecule has 0 saturated heterocycles. The normalized spacial score (nSPS) is 10.4. The molecule has 0 spiro atoms. The van der Waals surface area contributed by atoms with Crippen molar-refractivity contribution in [1.29, 1.82) is 0 Å². The summed E-state index contributed by atoms with van der Waals surface area (Å²) in [4.78, 5) is 28.2. The number of hydrogen-bond donors (Lipinski definition) is 2. The van der Waals surface area contributed by atoms with E-state index in [1.54, 1.807) is 25.6 Å². The minimum atomic E-state index is -0.449. The maximum Gasteiger partial charge on any atom is 0.339 e. The molecule has 0 fully saturated rings. The molecule has 0 atom stereocenters. The summed E-state index contributed by atoms with van der Waals surface area (Å²) in [6, 6.07) is 7.56. The number of carbonyl (C=O) groups excluding carboxylic acids is 2. The fourth-order valence-electron chi connectivity index (χ4n) is 2.25. The first kappa shape index (κ1) is 16.2. The Morgan fingerprint density at radius 2 is 1.82 bits per heavy atom. The number of esters is 1. The van der Waals surface area contributed by atoms with Crippen LogP contribution in [0, 0.1) is 13.8 Å². The van der Waals surface area contributed by atoms with E-state index in [0.29, 0.717) is 28.2 Å². The number of thioether (sulfide) groups is 1. The highest BCUT2D eigenvalue weighted by Crippen LogP contribution is 2.21. The molecule has 5 nitrogen and oxygen atoms in total. The molecule has 0 radical (unpaired) electrons. The van der Waals surface area contributed by atoms with Crippen LogP contribution < -0.4 is 5.32 Å². The molecule has 1 amide bonds. The number of anilines is 1. The molecule has 22 heavy (non-hydrogen) atoms. The highest BCUT2D eigenvalue weighted by molar-refractivity contribution is 7.98. The minimum absolute atomic E-state index is 0.285. The van der Waals surface area contributed by atoms with Crippen LogP contribution in [-0.2, 0) is 4.74 Å². The van der Waals surface area contributed by atoms with E-state index >= 15 is 0 Å². The van der Waals surface area contributed by atoms with E-state index in [1.165, 1.54) is 7.11 Å². The van der Waals surface area contributed by atoms with Crippen LogP contribution in [0.1, 0.15) is 32.1 Å². The Morgan fingerprint density at radius 3 is 2.36 bits per heavy atom. The SMILES string of the molecule is COC(=O)c1c(C)[nH]c(C(=O)Nc2ccc(SC)cc2)c1C. The number of amides is 1. The highest BCUT2D eigenvalue weighted by atomic mass is 32.2. The van der Waals surface area contributed by atoms with Crippen LogP contribution in [0.5, 0.6) is 0 Å². The molecule has 2 aromatic rings. The van der Waals surface area contributed by atoms with E-state index in [9.17, 15) is 9.59 Å². The van der Waals surface area contributed by atoms with Gasteiger partial charge in [-0.1, -0.05) is 0 Å². The Labute approximate surface area is 133 Å². The third kappa shape index (κ3) is 3.17. The van der Waals surface area contributed by atoms with Gasteiger partial charge in [0.25, 0.3) is 5.91 Å². The Kier molecular flexibility index (Phi) is 4.92. The van der Waals surface area contributed by atoms with Gasteiger partial charge in [-0.05, 0) is 49.9 Å². The van der Waals surface area contributed by atoms with Gasteiger partial charge < -0.3 is 15.0 Å². The van der Waals surface area contributed by atoms with E-state index in [0.717, 1.165) is 4.90 Å². The van der Waals surface area contributed by atoms with Crippen molar-refractivity contribution in [3.63, 3.8) is 0 Å². The number of methoxy groups -OCH3 is 1. The lowest BCUT2D eigenvalue weighted by atomic mass is 10.1. The number of ether oxygens (including phenoxy) is 1. The molecule has 2 N–H and O–H groups in total. The average Bonchev–Trinajstić information content (AvgIpc) is 2.82. The predicted octanol–water partition coefficient (Wildman–Crippen LogP) is 3.39. The molecule has 0 aliphatic rings. The maximum absolute atomic E-state index is 12.4. The van der Waals surface area contributed by atoms with Gasteiger partial charge in [0.15, 0.2) is 0 Å². The van der Waals surface area contributed by atoms with Gasteiger partial charge >= 0.3 is 5.97 Å². The molecule has 0 saturated carbocycles. The number of aromatic nitrogens is 1. The first-order valence-electron chi connectivity index (χ1n) is 6.70. The van der Waals surface area contributed by atoms with E-state index in [4.69, 9.17) is 4.74 Å². The lowest BCUT2D eigenvalue weighted by Crippen LogP contribution is -2.14. The molecule has 0 aliphatic heterocycles. The van der Waals surface area contributed by atoms with Crippen LogP contribution in [0.25, 0.3) is 0 Å². The lowest BCUT2D eigenvalue weighted by Gasteiger charge is -2.06. The minimum Gasteiger partial charge on any atom is -0.465 e. The molecule has 2 rings (SSSR count). The number of benzene rings is 1. The summed E-state index contributed by atoms with van der Waals surface area (Å²) in [5.74, 6) is -0.734. The smallest absolute Gasteiger partial charge is 0.339 e. The molecule has 0 aliphatic carbocycles. The largest absolute Gasteiger partial charge is 0.465 e. The number of aromatic amines is 1. The van der Waals surface area contributed by atoms with E-state index in [2.05, 4.69) is 10.3 Å². The fraction of sp³-hybridized carbons (Fsp3) is 0.250. The summed E-state index contributed by atoms with van der Waals surface area (Å²) in [7, 11) is 1.32. The number of carbonyl (C=O) groups is 2. The van der Waals surface area contributed by atoms with Crippen LogP contribution in [0.15, 0.2) is 29.2 Å². The second-order valence-corrected chi connectivity index (χ2v) is 5.68. The van der Waals surface area contributed by atoms with Crippen LogP contribution in [0.4, 0.5) is 5.69 Å². The van der Waals surface area contributed by atoms with Gasteiger partial charge in [-0.2, -0.15) is 0 Å². The molecule has 6 heteroatoms. The molecule has 1 aromatic carbocycles. The molecular formula is C16H18N2O3S. The zero-order chi connectivity index (χ0) is 16.3. The van der Waals surface area contributed by atoms with Gasteiger partial charge in [0.2, 0.25) is 0 Å². The van der Waals surface area contributed by atoms with Gasteiger partial charge in [-0.3, -0.25) is 4.79 Å². The Balaban J connectivity index is 2.24. The third-order valence-corrected chi connectivity index (χ3v) is 4.15. The van der Waals surface area contributed by atoms with E-state index in [-0.39, 0.29) is 5.91 Å². The van der Waals surface area contributed by atoms with Crippen molar-refractivity contribution in [3.8, 4) is 0 Å². The Hall–Kier alpha value is -2.21. The highest BCUT2D eigenvalue weighted by Gasteiger charge is 2.22. The maximum atomic E-state index is 12.4. The summed E-state index contributed by atoms with van der Waals surface area (Å²) >= 11 is 1.64. The summed E-state index contributed by atoms with van der Waals surface area (Å²) < 4.78 is 4.74. The number of nitrogens with one attached hydrogen (secondary N) is 2. The van der Waals surface area contributed by atoms with Crippen molar-refractivity contribution in [3.05, 3.63) is 46.8 Å². The summed E-state index contributed by atoms with van der Waals surface area (Å²) in [5, 5.41) is 2.82. The molecular weight excluding hydrogens is 300 g/mol. The molecule has 1 heterocycles. The van der Waals surface area contributed by atoms with Gasteiger partial charge in [0, 0.05) is 16.3 Å². The summed E-state index contributed by atoms with van der Waals surface area (Å²) in [6.07, 6.45) is 1.99. The first-order chi connectivity index (χ1) is 10.5. The van der Waals surface area contributed by atoms with Crippen LogP contribution in [-0.4, -0.2) is 30.2 Å². The van der Waals surface area contributed by atoms with Gasteiger partial charge in [0.05, 0.1) is 12.7 Å². The summed E-state index contributed by atoms with van der Waals surface area (Å²) in [5.41, 5.74) is 2.68. The first-order valence-corrected chi connectivity index (χ1v) is 7.93. The van der Waals surface area contributed by atoms with Crippen molar-refractivity contribution < 1.29 is 14.3 Å². The second kappa shape index (κ2) is 6.70. The predicted molar refractivity (Wildman–Crippen MR) is 87.8 cm³/mol. The average molecular weight is 318 g/mol. The molecule has 0 unspecified atom stereocenters.